The number of aromatic nitrogens is 1. The Balaban J connectivity index is 0.00000109. The first-order chi connectivity index (χ1) is 12.2. The fourth-order valence-electron chi connectivity index (χ4n) is 2.90. The van der Waals surface area contributed by atoms with Crippen LogP contribution >= 0.6 is 0 Å². The number of pyridine rings is 1. The zero-order chi connectivity index (χ0) is 18.2. The lowest BCUT2D eigenvalue weighted by molar-refractivity contribution is -0.384. The van der Waals surface area contributed by atoms with E-state index in [2.05, 4.69) is 9.88 Å². The maximum Gasteiger partial charge on any atom is 0.278 e. The van der Waals surface area contributed by atoms with Gasteiger partial charge in [0.05, 0.1) is 16.2 Å². The van der Waals surface area contributed by atoms with Crippen LogP contribution in [0, 0.1) is 10.1 Å². The molecular formula is C19H23N3O3. The van der Waals surface area contributed by atoms with Crippen LogP contribution in [0.2, 0.25) is 0 Å². The fourth-order valence-corrected chi connectivity index (χ4v) is 2.90. The van der Waals surface area contributed by atoms with Crippen molar-refractivity contribution in [1.82, 2.24) is 4.98 Å². The van der Waals surface area contributed by atoms with Crippen molar-refractivity contribution < 1.29 is 9.72 Å². The number of nitrogens with zero attached hydrogens (tertiary/aromatic N) is 3. The van der Waals surface area contributed by atoms with Crippen molar-refractivity contribution in [2.24, 2.45) is 0 Å². The molecule has 1 aromatic heterocycles. The number of nitro benzene ring substituents is 1. The predicted octanol–water partition coefficient (Wildman–Crippen LogP) is 4.49. The molecule has 1 aliphatic heterocycles. The number of rotatable bonds is 4. The highest BCUT2D eigenvalue weighted by Gasteiger charge is 2.20. The largest absolute Gasteiger partial charge is 0.372 e. The molecule has 0 unspecified atom stereocenters. The molecule has 0 amide bonds. The predicted molar refractivity (Wildman–Crippen MR) is 99.1 cm³/mol. The fraction of sp³-hybridized carbons (Fsp3) is 0.368. The molecule has 0 bridgehead atoms. The van der Waals surface area contributed by atoms with Crippen molar-refractivity contribution >= 4 is 17.7 Å². The first-order valence-corrected chi connectivity index (χ1v) is 8.64. The van der Waals surface area contributed by atoms with E-state index in [1.54, 1.807) is 24.3 Å². The number of anilines is 1. The maximum absolute atomic E-state index is 11.3. The standard InChI is InChI=1S/C17H17N3O3.C2H6/c21-12-13-6-7-18-16(10-13)15-11-14(4-5-17(15)20(22)23)19-8-2-1-3-9-19;1-2/h4-7,10-12H,1-3,8-9H2;1-2H3. The Morgan fingerprint density at radius 3 is 2.48 bits per heavy atom. The van der Waals surface area contributed by atoms with Crippen molar-refractivity contribution in [2.45, 2.75) is 33.1 Å². The molecule has 6 nitrogen and oxygen atoms in total. The zero-order valence-electron chi connectivity index (χ0n) is 14.6. The van der Waals surface area contributed by atoms with E-state index in [1.165, 1.54) is 18.7 Å². The Hall–Kier alpha value is -2.76. The van der Waals surface area contributed by atoms with Crippen LogP contribution in [-0.2, 0) is 0 Å². The lowest BCUT2D eigenvalue weighted by Crippen LogP contribution is -2.29. The Bertz CT molecular complexity index is 740. The average Bonchev–Trinajstić information content (AvgIpc) is 2.69. The van der Waals surface area contributed by atoms with E-state index in [4.69, 9.17) is 0 Å². The maximum atomic E-state index is 11.3. The third-order valence-corrected chi connectivity index (χ3v) is 4.09. The van der Waals surface area contributed by atoms with Gasteiger partial charge in [-0.25, -0.2) is 0 Å². The second kappa shape index (κ2) is 8.92. The molecule has 0 spiro atoms. The van der Waals surface area contributed by atoms with Crippen LogP contribution in [0.25, 0.3) is 11.3 Å². The van der Waals surface area contributed by atoms with Gasteiger partial charge >= 0.3 is 0 Å². The highest BCUT2D eigenvalue weighted by atomic mass is 16.6. The highest BCUT2D eigenvalue weighted by Crippen LogP contribution is 2.33. The van der Waals surface area contributed by atoms with Gasteiger partial charge in [-0.1, -0.05) is 13.8 Å². The summed E-state index contributed by atoms with van der Waals surface area (Å²) in [7, 11) is 0. The summed E-state index contributed by atoms with van der Waals surface area (Å²) in [6.07, 6.45) is 5.69. The summed E-state index contributed by atoms with van der Waals surface area (Å²) in [5.74, 6) is 0. The number of nitro groups is 1. The second-order valence-electron chi connectivity index (χ2n) is 5.60. The summed E-state index contributed by atoms with van der Waals surface area (Å²) in [4.78, 5) is 28.3. The van der Waals surface area contributed by atoms with Crippen molar-refractivity contribution in [3.8, 4) is 11.3 Å². The molecular weight excluding hydrogens is 318 g/mol. The molecule has 25 heavy (non-hydrogen) atoms. The van der Waals surface area contributed by atoms with Crippen LogP contribution in [0.15, 0.2) is 36.5 Å². The van der Waals surface area contributed by atoms with Gasteiger partial charge in [0.2, 0.25) is 0 Å². The van der Waals surface area contributed by atoms with Gasteiger partial charge in [0.1, 0.15) is 6.29 Å². The summed E-state index contributed by atoms with van der Waals surface area (Å²) >= 11 is 0. The van der Waals surface area contributed by atoms with Crippen molar-refractivity contribution in [1.29, 1.82) is 0 Å². The van der Waals surface area contributed by atoms with Gasteiger partial charge in [-0.3, -0.25) is 19.9 Å². The quantitative estimate of drug-likeness (QED) is 0.465. The molecule has 1 saturated heterocycles. The number of piperidine rings is 1. The SMILES string of the molecule is CC.O=Cc1ccnc(-c2cc(N3CCCCC3)ccc2[N+](=O)[O-])c1. The molecule has 6 heteroatoms. The third kappa shape index (κ3) is 4.41. The Labute approximate surface area is 147 Å². The van der Waals surface area contributed by atoms with Gasteiger partial charge in [-0.15, -0.1) is 0 Å². The van der Waals surface area contributed by atoms with Gasteiger partial charge in [-0.2, -0.15) is 0 Å². The van der Waals surface area contributed by atoms with Crippen LogP contribution in [0.4, 0.5) is 11.4 Å². The molecule has 132 valence electrons. The molecule has 1 aromatic carbocycles. The lowest BCUT2D eigenvalue weighted by Gasteiger charge is -2.29. The number of carbonyl (C=O) groups excluding carboxylic acids is 1. The molecule has 2 aromatic rings. The van der Waals surface area contributed by atoms with E-state index in [0.717, 1.165) is 31.6 Å². The number of aldehydes is 1. The zero-order valence-corrected chi connectivity index (χ0v) is 14.6. The van der Waals surface area contributed by atoms with E-state index in [-0.39, 0.29) is 5.69 Å². The lowest BCUT2D eigenvalue weighted by atomic mass is 10.0. The molecule has 0 N–H and O–H groups in total. The average molecular weight is 341 g/mol. The number of benzene rings is 1. The minimum absolute atomic E-state index is 0.00121. The number of hydrogen-bond donors (Lipinski definition) is 0. The van der Waals surface area contributed by atoms with Gasteiger partial charge in [0.25, 0.3) is 5.69 Å². The van der Waals surface area contributed by atoms with Crippen LogP contribution in [0.5, 0.6) is 0 Å². The number of carbonyl (C=O) groups is 1. The second-order valence-corrected chi connectivity index (χ2v) is 5.60. The molecule has 1 fully saturated rings. The molecule has 3 rings (SSSR count). The summed E-state index contributed by atoms with van der Waals surface area (Å²) in [5, 5.41) is 11.3. The molecule has 2 heterocycles. The van der Waals surface area contributed by atoms with E-state index in [0.29, 0.717) is 23.1 Å². The summed E-state index contributed by atoms with van der Waals surface area (Å²) in [6.45, 7) is 5.91. The molecule has 0 aliphatic carbocycles. The first kappa shape index (κ1) is 18.6. The molecule has 0 saturated carbocycles. The van der Waals surface area contributed by atoms with Crippen LogP contribution < -0.4 is 4.90 Å². The van der Waals surface area contributed by atoms with Crippen LogP contribution in [0.1, 0.15) is 43.5 Å². The Kier molecular flexibility index (Phi) is 6.62. The van der Waals surface area contributed by atoms with Crippen LogP contribution in [-0.4, -0.2) is 29.3 Å². The summed E-state index contributed by atoms with van der Waals surface area (Å²) < 4.78 is 0. The smallest absolute Gasteiger partial charge is 0.278 e. The van der Waals surface area contributed by atoms with Crippen molar-refractivity contribution in [3.05, 3.63) is 52.2 Å². The minimum Gasteiger partial charge on any atom is -0.372 e. The molecule has 0 atom stereocenters. The molecule has 1 aliphatic rings. The third-order valence-electron chi connectivity index (χ3n) is 4.09. The molecule has 0 radical (unpaired) electrons. The first-order valence-electron chi connectivity index (χ1n) is 8.64. The van der Waals surface area contributed by atoms with E-state index in [1.807, 2.05) is 13.8 Å². The Morgan fingerprint density at radius 1 is 1.12 bits per heavy atom. The van der Waals surface area contributed by atoms with Gasteiger partial charge in [-0.05, 0) is 43.5 Å². The number of hydrogen-bond acceptors (Lipinski definition) is 5. The van der Waals surface area contributed by atoms with Gasteiger partial charge in [0.15, 0.2) is 0 Å². The normalized spacial score (nSPS) is 13.6. The Morgan fingerprint density at radius 2 is 1.84 bits per heavy atom. The summed E-state index contributed by atoms with van der Waals surface area (Å²) in [6, 6.07) is 8.28. The van der Waals surface area contributed by atoms with Crippen LogP contribution in [0.3, 0.4) is 0 Å². The monoisotopic (exact) mass is 341 g/mol. The topological polar surface area (TPSA) is 76.3 Å². The van der Waals surface area contributed by atoms with E-state index in [9.17, 15) is 14.9 Å². The minimum atomic E-state index is -0.412. The van der Waals surface area contributed by atoms with Gasteiger partial charge < -0.3 is 4.90 Å². The van der Waals surface area contributed by atoms with Crippen molar-refractivity contribution in [3.63, 3.8) is 0 Å². The van der Waals surface area contributed by atoms with Crippen molar-refractivity contribution in [2.75, 3.05) is 18.0 Å². The highest BCUT2D eigenvalue weighted by molar-refractivity contribution is 5.81. The summed E-state index contributed by atoms with van der Waals surface area (Å²) in [5.41, 5.74) is 2.31. The van der Waals surface area contributed by atoms with E-state index < -0.39 is 4.92 Å². The van der Waals surface area contributed by atoms with E-state index >= 15 is 0 Å². The van der Waals surface area contributed by atoms with Gasteiger partial charge in [0, 0.05) is 36.6 Å².